The molecule has 1 heterocycles. The first-order valence-corrected chi connectivity index (χ1v) is 7.85. The summed E-state index contributed by atoms with van der Waals surface area (Å²) in [5, 5.41) is 0.826. The molecule has 3 aromatic rings. The van der Waals surface area contributed by atoms with Gasteiger partial charge in [-0.2, -0.15) is 0 Å². The zero-order valence-electron chi connectivity index (χ0n) is 14.3. The average Bonchev–Trinajstić information content (AvgIpc) is 2.58. The molecule has 0 aliphatic rings. The molecule has 0 fully saturated rings. The third-order valence-corrected chi connectivity index (χ3v) is 4.05. The Hall–Kier alpha value is -3.08. The monoisotopic (exact) mass is 338 g/mol. The van der Waals surface area contributed by atoms with Gasteiger partial charge in [-0.05, 0) is 49.2 Å². The molecule has 0 bridgehead atoms. The van der Waals surface area contributed by atoms with Crippen molar-refractivity contribution >= 4 is 16.9 Å². The molecule has 25 heavy (non-hydrogen) atoms. The highest BCUT2D eigenvalue weighted by Gasteiger charge is 2.13. The average molecular weight is 338 g/mol. The molecule has 0 amide bonds. The second-order valence-electron chi connectivity index (χ2n) is 5.81. The van der Waals surface area contributed by atoms with Crippen molar-refractivity contribution in [2.24, 2.45) is 0 Å². The van der Waals surface area contributed by atoms with Crippen LogP contribution in [0, 0.1) is 13.8 Å². The Kier molecular flexibility index (Phi) is 4.57. The van der Waals surface area contributed by atoms with Crippen LogP contribution in [0.5, 0.6) is 11.5 Å². The van der Waals surface area contributed by atoms with Gasteiger partial charge in [0.2, 0.25) is 0 Å². The predicted molar refractivity (Wildman–Crippen MR) is 94.3 cm³/mol. The normalized spacial score (nSPS) is 10.7. The maximum Gasteiger partial charge on any atom is 0.336 e. The lowest BCUT2D eigenvalue weighted by atomic mass is 10.1. The molecule has 2 aromatic carbocycles. The first kappa shape index (κ1) is 16.8. The number of hydrogen-bond donors (Lipinski definition) is 0. The summed E-state index contributed by atoms with van der Waals surface area (Å²) in [6.07, 6.45) is 0.138. The number of benzene rings is 2. The molecule has 0 spiro atoms. The van der Waals surface area contributed by atoms with E-state index in [0.29, 0.717) is 16.9 Å². The van der Waals surface area contributed by atoms with E-state index in [9.17, 15) is 9.59 Å². The first-order valence-electron chi connectivity index (χ1n) is 7.85. The Balaban J connectivity index is 1.83. The SMILES string of the molecule is COc1ccc(CC(=O)Oc2ccc3c(C)cc(=O)oc3c2C)cc1. The molecule has 5 heteroatoms. The zero-order valence-corrected chi connectivity index (χ0v) is 14.3. The summed E-state index contributed by atoms with van der Waals surface area (Å²) in [7, 11) is 1.59. The molecule has 0 N–H and O–H groups in total. The number of ether oxygens (including phenoxy) is 2. The van der Waals surface area contributed by atoms with Crippen molar-refractivity contribution in [3.05, 3.63) is 69.6 Å². The lowest BCUT2D eigenvalue weighted by molar-refractivity contribution is -0.133. The topological polar surface area (TPSA) is 65.7 Å². The van der Waals surface area contributed by atoms with Crippen LogP contribution in [0.15, 0.2) is 51.7 Å². The van der Waals surface area contributed by atoms with E-state index in [2.05, 4.69) is 0 Å². The molecule has 0 radical (unpaired) electrons. The van der Waals surface area contributed by atoms with E-state index in [0.717, 1.165) is 22.3 Å². The largest absolute Gasteiger partial charge is 0.497 e. The van der Waals surface area contributed by atoms with Crippen LogP contribution in [0.2, 0.25) is 0 Å². The van der Waals surface area contributed by atoms with Crippen molar-refractivity contribution in [2.45, 2.75) is 20.3 Å². The number of hydrogen-bond acceptors (Lipinski definition) is 5. The summed E-state index contributed by atoms with van der Waals surface area (Å²) >= 11 is 0. The van der Waals surface area contributed by atoms with Crippen LogP contribution in [0.25, 0.3) is 11.0 Å². The van der Waals surface area contributed by atoms with Gasteiger partial charge >= 0.3 is 11.6 Å². The minimum absolute atomic E-state index is 0.138. The van der Waals surface area contributed by atoms with Gasteiger partial charge in [0, 0.05) is 17.0 Å². The number of rotatable bonds is 4. The summed E-state index contributed by atoms with van der Waals surface area (Å²) in [6.45, 7) is 3.61. The minimum atomic E-state index is -0.421. The van der Waals surface area contributed by atoms with Crippen LogP contribution in [-0.4, -0.2) is 13.1 Å². The van der Waals surface area contributed by atoms with Crippen molar-refractivity contribution in [3.63, 3.8) is 0 Å². The molecule has 1 aromatic heterocycles. The van der Waals surface area contributed by atoms with Crippen LogP contribution in [0.4, 0.5) is 0 Å². The van der Waals surface area contributed by atoms with E-state index in [4.69, 9.17) is 13.9 Å². The number of carbonyl (C=O) groups excluding carboxylic acids is 1. The fourth-order valence-corrected chi connectivity index (χ4v) is 2.68. The highest BCUT2D eigenvalue weighted by Crippen LogP contribution is 2.28. The van der Waals surface area contributed by atoms with Crippen LogP contribution in [0.1, 0.15) is 16.7 Å². The van der Waals surface area contributed by atoms with E-state index in [-0.39, 0.29) is 12.4 Å². The lowest BCUT2D eigenvalue weighted by Crippen LogP contribution is -2.12. The predicted octanol–water partition coefficient (Wildman–Crippen LogP) is 3.57. The summed E-state index contributed by atoms with van der Waals surface area (Å²) in [6, 6.07) is 12.2. The van der Waals surface area contributed by atoms with Gasteiger partial charge in [-0.3, -0.25) is 4.79 Å². The Morgan fingerprint density at radius 2 is 1.80 bits per heavy atom. The summed E-state index contributed by atoms with van der Waals surface area (Å²) in [4.78, 5) is 23.8. The van der Waals surface area contributed by atoms with Crippen LogP contribution in [-0.2, 0) is 11.2 Å². The summed E-state index contributed by atoms with van der Waals surface area (Å²) in [5.74, 6) is 0.732. The van der Waals surface area contributed by atoms with E-state index < -0.39 is 5.63 Å². The van der Waals surface area contributed by atoms with E-state index in [1.54, 1.807) is 38.3 Å². The van der Waals surface area contributed by atoms with Gasteiger partial charge in [0.15, 0.2) is 0 Å². The molecule has 128 valence electrons. The Morgan fingerprint density at radius 3 is 2.48 bits per heavy atom. The number of aryl methyl sites for hydroxylation is 2. The third kappa shape index (κ3) is 3.55. The van der Waals surface area contributed by atoms with Gasteiger partial charge in [-0.25, -0.2) is 4.79 Å². The van der Waals surface area contributed by atoms with E-state index in [1.165, 1.54) is 6.07 Å². The van der Waals surface area contributed by atoms with Gasteiger partial charge in [-0.15, -0.1) is 0 Å². The molecular formula is C20H18O5. The fraction of sp³-hybridized carbons (Fsp3) is 0.200. The zero-order chi connectivity index (χ0) is 18.0. The number of methoxy groups -OCH3 is 1. The van der Waals surface area contributed by atoms with Gasteiger partial charge < -0.3 is 13.9 Å². The van der Waals surface area contributed by atoms with Gasteiger partial charge in [0.1, 0.15) is 17.1 Å². The van der Waals surface area contributed by atoms with Crippen molar-refractivity contribution < 1.29 is 18.7 Å². The lowest BCUT2D eigenvalue weighted by Gasteiger charge is -2.10. The van der Waals surface area contributed by atoms with Crippen molar-refractivity contribution in [2.75, 3.05) is 7.11 Å². The summed E-state index contributed by atoms with van der Waals surface area (Å²) < 4.78 is 15.8. The molecular weight excluding hydrogens is 320 g/mol. The fourth-order valence-electron chi connectivity index (χ4n) is 2.68. The highest BCUT2D eigenvalue weighted by atomic mass is 16.5. The van der Waals surface area contributed by atoms with Gasteiger partial charge in [0.25, 0.3) is 0 Å². The maximum atomic E-state index is 12.2. The van der Waals surface area contributed by atoms with E-state index in [1.807, 2.05) is 19.1 Å². The number of carbonyl (C=O) groups is 1. The maximum absolute atomic E-state index is 12.2. The first-order chi connectivity index (χ1) is 12.0. The molecule has 5 nitrogen and oxygen atoms in total. The Labute approximate surface area is 144 Å². The Bertz CT molecular complexity index is 983. The number of fused-ring (bicyclic) bond motifs is 1. The quantitative estimate of drug-likeness (QED) is 0.413. The summed E-state index contributed by atoms with van der Waals surface area (Å²) in [5.41, 5.74) is 2.30. The third-order valence-electron chi connectivity index (χ3n) is 4.05. The minimum Gasteiger partial charge on any atom is -0.497 e. The smallest absolute Gasteiger partial charge is 0.336 e. The Morgan fingerprint density at radius 1 is 1.08 bits per heavy atom. The molecule has 3 rings (SSSR count). The highest BCUT2D eigenvalue weighted by molar-refractivity contribution is 5.86. The second-order valence-corrected chi connectivity index (χ2v) is 5.81. The van der Waals surface area contributed by atoms with Crippen LogP contribution < -0.4 is 15.1 Å². The molecule has 0 atom stereocenters. The molecule has 0 saturated heterocycles. The van der Waals surface area contributed by atoms with Crippen LogP contribution >= 0.6 is 0 Å². The van der Waals surface area contributed by atoms with Gasteiger partial charge in [0.05, 0.1) is 13.5 Å². The van der Waals surface area contributed by atoms with Crippen molar-refractivity contribution in [1.82, 2.24) is 0 Å². The van der Waals surface area contributed by atoms with Crippen LogP contribution in [0.3, 0.4) is 0 Å². The van der Waals surface area contributed by atoms with E-state index >= 15 is 0 Å². The standard InChI is InChI=1S/C20H18O5/c1-12-10-18(21)25-20-13(2)17(9-8-16(12)20)24-19(22)11-14-4-6-15(23-3)7-5-14/h4-10H,11H2,1-3H3. The molecule has 0 unspecified atom stereocenters. The van der Waals surface area contributed by atoms with Gasteiger partial charge in [-0.1, -0.05) is 12.1 Å². The molecule has 0 aliphatic carbocycles. The second kappa shape index (κ2) is 6.81. The molecule has 0 aliphatic heterocycles. The molecule has 0 saturated carbocycles. The van der Waals surface area contributed by atoms with Crippen molar-refractivity contribution in [1.29, 1.82) is 0 Å². The number of esters is 1. The van der Waals surface area contributed by atoms with Crippen molar-refractivity contribution in [3.8, 4) is 11.5 Å².